The van der Waals surface area contributed by atoms with Gasteiger partial charge in [0.05, 0.1) is 0 Å². The molecule has 0 aliphatic carbocycles. The monoisotopic (exact) mass is 336 g/mol. The van der Waals surface area contributed by atoms with Gasteiger partial charge in [-0.1, -0.05) is 48.0 Å². The Morgan fingerprint density at radius 2 is 1.39 bits per heavy atom. The maximum Gasteiger partial charge on any atom is 0.330 e. The lowest BCUT2D eigenvalue weighted by Gasteiger charge is -2.14. The zero-order valence-corrected chi connectivity index (χ0v) is 12.0. The fourth-order valence-electron chi connectivity index (χ4n) is 1.45. The van der Waals surface area contributed by atoms with Crippen LogP contribution in [0.15, 0.2) is 0 Å². The van der Waals surface area contributed by atoms with Crippen LogP contribution in [0.4, 0.5) is 17.6 Å². The van der Waals surface area contributed by atoms with Crippen molar-refractivity contribution in [1.82, 2.24) is 0 Å². The largest absolute Gasteiger partial charge is 0.375 e. The first-order valence-corrected chi connectivity index (χ1v) is 7.42. The Kier molecular flexibility index (Phi) is 11.1. The van der Waals surface area contributed by atoms with Gasteiger partial charge in [-0.15, -0.1) is 0 Å². The van der Waals surface area contributed by atoms with E-state index < -0.39 is 19.0 Å². The van der Waals surface area contributed by atoms with Gasteiger partial charge in [-0.2, -0.15) is 8.78 Å². The Morgan fingerprint density at radius 3 is 1.89 bits per heavy atom. The van der Waals surface area contributed by atoms with Gasteiger partial charge in [0.15, 0.2) is 0 Å². The van der Waals surface area contributed by atoms with Crippen molar-refractivity contribution in [3.63, 3.8) is 0 Å². The zero-order valence-electron chi connectivity index (χ0n) is 10.4. The van der Waals surface area contributed by atoms with Crippen LogP contribution in [0.5, 0.6) is 0 Å². The summed E-state index contributed by atoms with van der Waals surface area (Å²) < 4.78 is 52.9. The molecule has 0 bridgehead atoms. The minimum Gasteiger partial charge on any atom is -0.375 e. The van der Waals surface area contributed by atoms with Crippen LogP contribution >= 0.6 is 15.9 Å². The van der Waals surface area contributed by atoms with E-state index in [1.165, 1.54) is 19.3 Å². The number of alkyl halides is 5. The number of hydrogen-bond donors (Lipinski definition) is 0. The van der Waals surface area contributed by atoms with Gasteiger partial charge in [0.2, 0.25) is 0 Å². The first-order valence-electron chi connectivity index (χ1n) is 6.30. The van der Waals surface area contributed by atoms with Crippen molar-refractivity contribution in [2.24, 2.45) is 0 Å². The Balaban J connectivity index is 3.21. The molecular weight excluding hydrogens is 316 g/mol. The fraction of sp³-hybridized carbons (Fsp3) is 1.00. The van der Waals surface area contributed by atoms with Crippen LogP contribution in [0.25, 0.3) is 0 Å². The van der Waals surface area contributed by atoms with E-state index in [2.05, 4.69) is 20.7 Å². The topological polar surface area (TPSA) is 9.23 Å². The molecule has 0 aromatic carbocycles. The average molecular weight is 337 g/mol. The zero-order chi connectivity index (χ0) is 13.9. The minimum atomic E-state index is -4.02. The van der Waals surface area contributed by atoms with Gasteiger partial charge < -0.3 is 4.74 Å². The highest BCUT2D eigenvalue weighted by molar-refractivity contribution is 9.09. The van der Waals surface area contributed by atoms with Crippen LogP contribution in [0.3, 0.4) is 0 Å². The molecule has 0 atom stereocenters. The summed E-state index contributed by atoms with van der Waals surface area (Å²) in [5, 5.41) is 1.03. The molecule has 0 aromatic rings. The molecule has 0 spiro atoms. The predicted octanol–water partition coefficient (Wildman–Crippen LogP) is 5.03. The molecule has 0 saturated carbocycles. The number of rotatable bonds is 12. The predicted molar refractivity (Wildman–Crippen MR) is 67.9 cm³/mol. The molecule has 0 unspecified atom stereocenters. The molecular formula is C12H21BrF4O. The van der Waals surface area contributed by atoms with E-state index >= 15 is 0 Å². The first-order chi connectivity index (χ1) is 8.50. The lowest BCUT2D eigenvalue weighted by Crippen LogP contribution is -2.32. The second-order valence-corrected chi connectivity index (χ2v) is 5.07. The first kappa shape index (κ1) is 18.2. The molecule has 18 heavy (non-hydrogen) atoms. The van der Waals surface area contributed by atoms with Gasteiger partial charge >= 0.3 is 12.3 Å². The molecule has 0 radical (unpaired) electrons. The molecule has 0 rings (SSSR count). The number of hydrogen-bond acceptors (Lipinski definition) is 1. The van der Waals surface area contributed by atoms with Gasteiger partial charge in [-0.3, -0.25) is 0 Å². The lowest BCUT2D eigenvalue weighted by atomic mass is 10.1. The Labute approximate surface area is 114 Å². The molecule has 6 heteroatoms. The summed E-state index contributed by atoms with van der Waals surface area (Å²) in [5.74, 6) is -4.02. The molecule has 110 valence electrons. The van der Waals surface area contributed by atoms with Crippen LogP contribution in [0.2, 0.25) is 0 Å². The molecule has 0 saturated heterocycles. The SMILES string of the molecule is FC(F)C(F)(F)COCCCCCCCCCBr. The Bertz CT molecular complexity index is 191. The summed E-state index contributed by atoms with van der Waals surface area (Å²) in [6.45, 7) is -1.06. The van der Waals surface area contributed by atoms with Gasteiger partial charge in [-0.05, 0) is 12.8 Å². The van der Waals surface area contributed by atoms with Gasteiger partial charge in [0, 0.05) is 11.9 Å². The molecule has 0 N–H and O–H groups in total. The average Bonchev–Trinajstić information content (AvgIpc) is 2.31. The van der Waals surface area contributed by atoms with E-state index in [0.29, 0.717) is 6.42 Å². The van der Waals surface area contributed by atoms with Crippen molar-refractivity contribution in [2.45, 2.75) is 57.3 Å². The summed E-state index contributed by atoms with van der Waals surface area (Å²) in [6, 6.07) is 0. The fourth-order valence-corrected chi connectivity index (χ4v) is 1.85. The molecule has 0 aliphatic heterocycles. The maximum absolute atomic E-state index is 12.4. The van der Waals surface area contributed by atoms with Crippen molar-refractivity contribution in [3.8, 4) is 0 Å². The quantitative estimate of drug-likeness (QED) is 0.276. The highest BCUT2D eigenvalue weighted by Crippen LogP contribution is 2.22. The van der Waals surface area contributed by atoms with Crippen LogP contribution in [0.1, 0.15) is 44.9 Å². The summed E-state index contributed by atoms with van der Waals surface area (Å²) >= 11 is 3.36. The van der Waals surface area contributed by atoms with E-state index in [1.54, 1.807) is 0 Å². The van der Waals surface area contributed by atoms with Gasteiger partial charge in [0.1, 0.15) is 6.61 Å². The highest BCUT2D eigenvalue weighted by Gasteiger charge is 2.40. The summed E-state index contributed by atoms with van der Waals surface area (Å²) in [7, 11) is 0. The number of ether oxygens (including phenoxy) is 1. The third kappa shape index (κ3) is 10.1. The Hall–Kier alpha value is 0.160. The molecule has 0 aromatic heterocycles. The lowest BCUT2D eigenvalue weighted by molar-refractivity contribution is -0.165. The number of halogens is 5. The van der Waals surface area contributed by atoms with Crippen molar-refractivity contribution < 1.29 is 22.3 Å². The second kappa shape index (κ2) is 11.0. The van der Waals surface area contributed by atoms with Crippen LogP contribution in [0, 0.1) is 0 Å². The smallest absolute Gasteiger partial charge is 0.330 e. The van der Waals surface area contributed by atoms with Crippen molar-refractivity contribution in [2.75, 3.05) is 18.5 Å². The van der Waals surface area contributed by atoms with Gasteiger partial charge in [0.25, 0.3) is 0 Å². The van der Waals surface area contributed by atoms with E-state index in [0.717, 1.165) is 24.6 Å². The van der Waals surface area contributed by atoms with Crippen molar-refractivity contribution >= 4 is 15.9 Å². The Morgan fingerprint density at radius 1 is 0.889 bits per heavy atom. The molecule has 0 fully saturated rings. The van der Waals surface area contributed by atoms with Crippen LogP contribution in [-0.4, -0.2) is 30.9 Å². The molecule has 0 amide bonds. The minimum absolute atomic E-state index is 0.129. The third-order valence-electron chi connectivity index (χ3n) is 2.54. The maximum atomic E-state index is 12.4. The van der Waals surface area contributed by atoms with E-state index in [4.69, 9.17) is 0 Å². The highest BCUT2D eigenvalue weighted by atomic mass is 79.9. The normalized spacial score (nSPS) is 12.3. The summed E-state index contributed by atoms with van der Waals surface area (Å²) in [4.78, 5) is 0. The van der Waals surface area contributed by atoms with E-state index in [1.807, 2.05) is 0 Å². The van der Waals surface area contributed by atoms with Gasteiger partial charge in [-0.25, -0.2) is 8.78 Å². The van der Waals surface area contributed by atoms with E-state index in [9.17, 15) is 17.6 Å². The molecule has 0 aliphatic rings. The molecule has 1 nitrogen and oxygen atoms in total. The van der Waals surface area contributed by atoms with Crippen molar-refractivity contribution in [1.29, 1.82) is 0 Å². The second-order valence-electron chi connectivity index (χ2n) is 4.28. The van der Waals surface area contributed by atoms with Crippen molar-refractivity contribution in [3.05, 3.63) is 0 Å². The summed E-state index contributed by atoms with van der Waals surface area (Å²) in [5.41, 5.74) is 0. The number of unbranched alkanes of at least 4 members (excludes halogenated alkanes) is 6. The van der Waals surface area contributed by atoms with E-state index in [-0.39, 0.29) is 6.61 Å². The van der Waals surface area contributed by atoms with Crippen LogP contribution < -0.4 is 0 Å². The third-order valence-corrected chi connectivity index (χ3v) is 3.10. The summed E-state index contributed by atoms with van der Waals surface area (Å²) in [6.07, 6.45) is 3.61. The molecule has 0 heterocycles. The van der Waals surface area contributed by atoms with Crippen LogP contribution in [-0.2, 0) is 4.74 Å². The standard InChI is InChI=1S/C12H21BrF4O/c13-8-6-4-2-1-3-5-7-9-18-10-12(16,17)11(14)15/h11H,1-10H2.